The number of benzene rings is 2. The summed E-state index contributed by atoms with van der Waals surface area (Å²) in [4.78, 5) is 29.0. The SMILES string of the molecule is Cc1ccccc1C(=O)N1CCN(c2cccc(Br)c2)C(=O)[C@@H]1C. The largest absolute Gasteiger partial charge is 0.325 e. The van der Waals surface area contributed by atoms with E-state index in [1.807, 2.05) is 55.5 Å². The van der Waals surface area contributed by atoms with Gasteiger partial charge in [-0.25, -0.2) is 0 Å². The minimum absolute atomic E-state index is 0.0544. The molecule has 1 aliphatic rings. The molecule has 0 aliphatic carbocycles. The monoisotopic (exact) mass is 386 g/mol. The first-order chi connectivity index (χ1) is 11.5. The Morgan fingerprint density at radius 3 is 2.58 bits per heavy atom. The van der Waals surface area contributed by atoms with Gasteiger partial charge in [0.1, 0.15) is 6.04 Å². The second kappa shape index (κ2) is 6.77. The number of aryl methyl sites for hydroxylation is 1. The van der Waals surface area contributed by atoms with Crippen molar-refractivity contribution in [2.75, 3.05) is 18.0 Å². The predicted octanol–water partition coefficient (Wildman–Crippen LogP) is 3.64. The molecule has 24 heavy (non-hydrogen) atoms. The van der Waals surface area contributed by atoms with Gasteiger partial charge in [-0.2, -0.15) is 0 Å². The Kier molecular flexibility index (Phi) is 4.71. The molecule has 0 unspecified atom stereocenters. The van der Waals surface area contributed by atoms with Crippen LogP contribution in [0.15, 0.2) is 53.0 Å². The Hall–Kier alpha value is -2.14. The highest BCUT2D eigenvalue weighted by Gasteiger charge is 2.35. The standard InChI is InChI=1S/C19H19BrN2O2/c1-13-6-3-4-9-17(13)19(24)21-10-11-22(18(23)14(21)2)16-8-5-7-15(20)12-16/h3-9,12,14H,10-11H2,1-2H3/t14-/m0/s1. The van der Waals surface area contributed by atoms with Gasteiger partial charge < -0.3 is 9.80 Å². The normalized spacial score (nSPS) is 18.0. The Morgan fingerprint density at radius 1 is 1.12 bits per heavy atom. The van der Waals surface area contributed by atoms with Crippen molar-refractivity contribution >= 4 is 33.4 Å². The maximum Gasteiger partial charge on any atom is 0.254 e. The summed E-state index contributed by atoms with van der Waals surface area (Å²) < 4.78 is 0.930. The topological polar surface area (TPSA) is 40.6 Å². The van der Waals surface area contributed by atoms with Crippen molar-refractivity contribution in [1.29, 1.82) is 0 Å². The van der Waals surface area contributed by atoms with E-state index in [1.54, 1.807) is 16.7 Å². The summed E-state index contributed by atoms with van der Waals surface area (Å²) in [5.74, 6) is -0.135. The van der Waals surface area contributed by atoms with Crippen molar-refractivity contribution in [2.24, 2.45) is 0 Å². The van der Waals surface area contributed by atoms with Gasteiger partial charge in [0.25, 0.3) is 5.91 Å². The number of anilines is 1. The second-order valence-corrected chi connectivity index (χ2v) is 6.87. The van der Waals surface area contributed by atoms with E-state index in [4.69, 9.17) is 0 Å². The zero-order valence-electron chi connectivity index (χ0n) is 13.7. The van der Waals surface area contributed by atoms with E-state index >= 15 is 0 Å². The van der Waals surface area contributed by atoms with E-state index in [9.17, 15) is 9.59 Å². The Bertz CT molecular complexity index is 790. The minimum Gasteiger partial charge on any atom is -0.325 e. The number of amides is 2. The van der Waals surface area contributed by atoms with Crippen LogP contribution in [0.4, 0.5) is 5.69 Å². The highest BCUT2D eigenvalue weighted by Crippen LogP contribution is 2.25. The number of nitrogens with zero attached hydrogens (tertiary/aromatic N) is 2. The maximum atomic E-state index is 12.8. The first-order valence-electron chi connectivity index (χ1n) is 7.92. The van der Waals surface area contributed by atoms with E-state index in [0.29, 0.717) is 18.7 Å². The third-order valence-electron chi connectivity index (χ3n) is 4.41. The average Bonchev–Trinajstić information content (AvgIpc) is 2.57. The van der Waals surface area contributed by atoms with Crippen LogP contribution in [0.2, 0.25) is 0 Å². The fourth-order valence-electron chi connectivity index (χ4n) is 3.02. The van der Waals surface area contributed by atoms with Gasteiger partial charge in [0.15, 0.2) is 0 Å². The number of carbonyl (C=O) groups is 2. The van der Waals surface area contributed by atoms with Crippen LogP contribution in [0, 0.1) is 6.92 Å². The lowest BCUT2D eigenvalue weighted by atomic mass is 10.0. The van der Waals surface area contributed by atoms with Gasteiger partial charge >= 0.3 is 0 Å². The van der Waals surface area contributed by atoms with Crippen molar-refractivity contribution in [2.45, 2.75) is 19.9 Å². The molecule has 3 rings (SSSR count). The fraction of sp³-hybridized carbons (Fsp3) is 0.263. The van der Waals surface area contributed by atoms with Crippen LogP contribution in [0.3, 0.4) is 0 Å². The number of hydrogen-bond acceptors (Lipinski definition) is 2. The van der Waals surface area contributed by atoms with E-state index < -0.39 is 6.04 Å². The Labute approximate surface area is 150 Å². The molecule has 4 nitrogen and oxygen atoms in total. The van der Waals surface area contributed by atoms with Gasteiger partial charge in [0.05, 0.1) is 0 Å². The lowest BCUT2D eigenvalue weighted by Crippen LogP contribution is -2.57. The van der Waals surface area contributed by atoms with E-state index in [0.717, 1.165) is 15.7 Å². The summed E-state index contributed by atoms with van der Waals surface area (Å²) >= 11 is 3.43. The summed E-state index contributed by atoms with van der Waals surface area (Å²) in [5.41, 5.74) is 2.44. The van der Waals surface area contributed by atoms with Gasteiger partial charge in [-0.1, -0.05) is 40.2 Å². The van der Waals surface area contributed by atoms with Gasteiger partial charge in [-0.15, -0.1) is 0 Å². The third kappa shape index (κ3) is 3.08. The Balaban J connectivity index is 1.83. The molecule has 5 heteroatoms. The zero-order valence-corrected chi connectivity index (χ0v) is 15.3. The first kappa shape index (κ1) is 16.7. The number of hydrogen-bond donors (Lipinski definition) is 0. The molecule has 0 bridgehead atoms. The number of halogens is 1. The molecule has 0 spiro atoms. The molecular formula is C19H19BrN2O2. The Morgan fingerprint density at radius 2 is 1.88 bits per heavy atom. The molecule has 1 atom stereocenters. The maximum absolute atomic E-state index is 12.8. The molecule has 0 aromatic heterocycles. The molecule has 0 saturated carbocycles. The summed E-state index contributed by atoms with van der Waals surface area (Å²) in [5, 5.41) is 0. The summed E-state index contributed by atoms with van der Waals surface area (Å²) in [6, 6.07) is 14.7. The second-order valence-electron chi connectivity index (χ2n) is 5.96. The number of carbonyl (C=O) groups excluding carboxylic acids is 2. The van der Waals surface area contributed by atoms with Crippen LogP contribution in [0.1, 0.15) is 22.8 Å². The molecule has 124 valence electrons. The van der Waals surface area contributed by atoms with Crippen LogP contribution >= 0.6 is 15.9 Å². The average molecular weight is 387 g/mol. The molecular weight excluding hydrogens is 368 g/mol. The number of piperazine rings is 1. The zero-order chi connectivity index (χ0) is 17.3. The molecule has 1 aliphatic heterocycles. The molecule has 2 aromatic carbocycles. The van der Waals surface area contributed by atoms with Gasteiger partial charge in [-0.05, 0) is 43.7 Å². The highest BCUT2D eigenvalue weighted by atomic mass is 79.9. The molecule has 2 aromatic rings. The lowest BCUT2D eigenvalue weighted by molar-refractivity contribution is -0.124. The van der Waals surface area contributed by atoms with Crippen LogP contribution in [-0.2, 0) is 4.79 Å². The minimum atomic E-state index is -0.482. The number of rotatable bonds is 2. The molecule has 1 saturated heterocycles. The molecule has 0 N–H and O–H groups in total. The lowest BCUT2D eigenvalue weighted by Gasteiger charge is -2.39. The van der Waals surface area contributed by atoms with Gasteiger partial charge in [-0.3, -0.25) is 9.59 Å². The van der Waals surface area contributed by atoms with Crippen molar-refractivity contribution in [3.8, 4) is 0 Å². The predicted molar refractivity (Wildman–Crippen MR) is 98.2 cm³/mol. The summed E-state index contributed by atoms with van der Waals surface area (Å²) in [7, 11) is 0. The van der Waals surface area contributed by atoms with E-state index in [1.165, 1.54) is 0 Å². The quantitative estimate of drug-likeness (QED) is 0.790. The van der Waals surface area contributed by atoms with E-state index in [2.05, 4.69) is 15.9 Å². The molecule has 1 fully saturated rings. The molecule has 2 amide bonds. The molecule has 0 radical (unpaired) electrons. The summed E-state index contributed by atoms with van der Waals surface area (Å²) in [6.07, 6.45) is 0. The van der Waals surface area contributed by atoms with Crippen LogP contribution < -0.4 is 4.90 Å². The summed E-state index contributed by atoms with van der Waals surface area (Å²) in [6.45, 7) is 4.73. The molecule has 1 heterocycles. The van der Waals surface area contributed by atoms with E-state index in [-0.39, 0.29) is 11.8 Å². The van der Waals surface area contributed by atoms with Crippen molar-refractivity contribution in [3.63, 3.8) is 0 Å². The smallest absolute Gasteiger partial charge is 0.254 e. The fourth-order valence-corrected chi connectivity index (χ4v) is 3.40. The third-order valence-corrected chi connectivity index (χ3v) is 4.90. The van der Waals surface area contributed by atoms with Crippen LogP contribution in [0.25, 0.3) is 0 Å². The van der Waals surface area contributed by atoms with Crippen LogP contribution in [-0.4, -0.2) is 35.8 Å². The van der Waals surface area contributed by atoms with Gasteiger partial charge in [0, 0.05) is 28.8 Å². The first-order valence-corrected chi connectivity index (χ1v) is 8.72. The van der Waals surface area contributed by atoms with Crippen LogP contribution in [0.5, 0.6) is 0 Å². The van der Waals surface area contributed by atoms with Crippen molar-refractivity contribution in [1.82, 2.24) is 4.90 Å². The van der Waals surface area contributed by atoms with Gasteiger partial charge in [0.2, 0.25) is 5.91 Å². The van der Waals surface area contributed by atoms with Crippen molar-refractivity contribution < 1.29 is 9.59 Å². The van der Waals surface area contributed by atoms with Crippen molar-refractivity contribution in [3.05, 3.63) is 64.1 Å². The highest BCUT2D eigenvalue weighted by molar-refractivity contribution is 9.10.